The number of nitrogens with zero attached hydrogens (tertiary/aromatic N) is 1. The molecule has 0 radical (unpaired) electrons. The Morgan fingerprint density at radius 3 is 1.16 bits per heavy atom. The van der Waals surface area contributed by atoms with Crippen molar-refractivity contribution >= 4 is 17.1 Å². The van der Waals surface area contributed by atoms with Gasteiger partial charge in [-0.15, -0.1) is 0 Å². The molecule has 0 unspecified atom stereocenters. The van der Waals surface area contributed by atoms with Crippen molar-refractivity contribution in [3.63, 3.8) is 0 Å². The molecule has 0 aliphatic heterocycles. The van der Waals surface area contributed by atoms with E-state index in [0.717, 1.165) is 17.1 Å². The Morgan fingerprint density at radius 1 is 0.256 bits per heavy atom. The lowest BCUT2D eigenvalue weighted by Crippen LogP contribution is -2.11. The van der Waals surface area contributed by atoms with E-state index in [1.54, 1.807) is 0 Å². The van der Waals surface area contributed by atoms with Gasteiger partial charge in [0.1, 0.15) is 0 Å². The van der Waals surface area contributed by atoms with E-state index in [2.05, 4.69) is 193 Å². The molecular formula is C42H31N. The van der Waals surface area contributed by atoms with Crippen molar-refractivity contribution in [1.29, 1.82) is 0 Å². The van der Waals surface area contributed by atoms with Gasteiger partial charge in [0.2, 0.25) is 0 Å². The molecule has 0 saturated heterocycles. The third-order valence-electron chi connectivity index (χ3n) is 7.87. The number of benzene rings is 7. The second kappa shape index (κ2) is 12.1. The third kappa shape index (κ3) is 5.62. The molecular weight excluding hydrogens is 518 g/mol. The van der Waals surface area contributed by atoms with Crippen LogP contribution in [0.5, 0.6) is 0 Å². The maximum atomic E-state index is 2.39. The van der Waals surface area contributed by atoms with Crippen LogP contribution >= 0.6 is 0 Å². The van der Waals surface area contributed by atoms with Gasteiger partial charge in [-0.2, -0.15) is 0 Å². The summed E-state index contributed by atoms with van der Waals surface area (Å²) in [5.74, 6) is 0. The van der Waals surface area contributed by atoms with Crippen LogP contribution in [0.25, 0.3) is 44.5 Å². The molecule has 0 N–H and O–H groups in total. The second-order valence-electron chi connectivity index (χ2n) is 10.6. The fraction of sp³-hybridized carbons (Fsp3) is 0. The predicted octanol–water partition coefficient (Wildman–Crippen LogP) is 11.8. The molecule has 7 aromatic carbocycles. The van der Waals surface area contributed by atoms with Crippen molar-refractivity contribution < 1.29 is 0 Å². The zero-order valence-electron chi connectivity index (χ0n) is 23.8. The minimum atomic E-state index is 1.11. The fourth-order valence-electron chi connectivity index (χ4n) is 5.72. The van der Waals surface area contributed by atoms with Gasteiger partial charge in [0.05, 0.1) is 5.69 Å². The summed E-state index contributed by atoms with van der Waals surface area (Å²) in [5, 5.41) is 0. The second-order valence-corrected chi connectivity index (χ2v) is 10.6. The van der Waals surface area contributed by atoms with Crippen LogP contribution in [0, 0.1) is 0 Å². The molecule has 0 aliphatic rings. The highest BCUT2D eigenvalue weighted by Gasteiger charge is 2.18. The molecule has 0 fully saturated rings. The molecule has 0 spiro atoms. The lowest BCUT2D eigenvalue weighted by Gasteiger charge is -2.28. The highest BCUT2D eigenvalue weighted by molar-refractivity contribution is 5.90. The average molecular weight is 550 g/mol. The number of para-hydroxylation sites is 1. The van der Waals surface area contributed by atoms with Crippen LogP contribution in [0.3, 0.4) is 0 Å². The predicted molar refractivity (Wildman–Crippen MR) is 183 cm³/mol. The number of rotatable bonds is 7. The van der Waals surface area contributed by atoms with Gasteiger partial charge in [-0.05, 0) is 69.3 Å². The summed E-state index contributed by atoms with van der Waals surface area (Å²) in [6, 6.07) is 67.0. The van der Waals surface area contributed by atoms with E-state index in [0.29, 0.717) is 0 Å². The first-order valence-electron chi connectivity index (χ1n) is 14.7. The highest BCUT2D eigenvalue weighted by atomic mass is 15.1. The first-order valence-corrected chi connectivity index (χ1v) is 14.7. The first-order chi connectivity index (χ1) is 21.3. The number of anilines is 3. The lowest BCUT2D eigenvalue weighted by molar-refractivity contribution is 1.28. The normalized spacial score (nSPS) is 10.8. The Morgan fingerprint density at radius 2 is 0.628 bits per heavy atom. The third-order valence-corrected chi connectivity index (χ3v) is 7.87. The zero-order valence-corrected chi connectivity index (χ0v) is 23.8. The van der Waals surface area contributed by atoms with Gasteiger partial charge in [0.15, 0.2) is 0 Å². The van der Waals surface area contributed by atoms with Crippen LogP contribution in [0.2, 0.25) is 0 Å². The molecule has 7 rings (SSSR count). The van der Waals surface area contributed by atoms with E-state index >= 15 is 0 Å². The molecule has 0 heterocycles. The summed E-state index contributed by atoms with van der Waals surface area (Å²) in [5.41, 5.74) is 12.9. The Bertz CT molecular complexity index is 1940. The molecule has 1 heteroatoms. The van der Waals surface area contributed by atoms with Crippen molar-refractivity contribution in [2.75, 3.05) is 4.90 Å². The molecule has 0 bridgehead atoms. The summed E-state index contributed by atoms with van der Waals surface area (Å²) < 4.78 is 0. The van der Waals surface area contributed by atoms with Crippen LogP contribution in [0.15, 0.2) is 188 Å². The van der Waals surface area contributed by atoms with Gasteiger partial charge in [-0.1, -0.05) is 158 Å². The molecule has 43 heavy (non-hydrogen) atoms. The van der Waals surface area contributed by atoms with E-state index < -0.39 is 0 Å². The lowest BCUT2D eigenvalue weighted by atomic mass is 9.98. The van der Waals surface area contributed by atoms with E-state index in [1.807, 2.05) is 0 Å². The number of hydrogen-bond donors (Lipinski definition) is 0. The molecule has 0 aliphatic carbocycles. The van der Waals surface area contributed by atoms with Crippen LogP contribution in [0.4, 0.5) is 17.1 Å². The standard InChI is InChI=1S/C42H31N/c1-4-14-32(15-5-1)34-26-28-35(29-27-34)38-21-13-23-40(31-38)43(39-22-12-20-37(30-39)33-16-6-2-7-17-33)42-25-11-10-24-41(42)36-18-8-3-9-19-36/h1-31H. The van der Waals surface area contributed by atoms with Crippen LogP contribution in [-0.2, 0) is 0 Å². The SMILES string of the molecule is c1ccc(-c2ccc(-c3cccc(N(c4cccc(-c5ccccc5)c4)c4ccccc4-c4ccccc4)c3)cc2)cc1. The quantitative estimate of drug-likeness (QED) is 0.191. The van der Waals surface area contributed by atoms with Crippen molar-refractivity contribution in [1.82, 2.24) is 0 Å². The van der Waals surface area contributed by atoms with E-state index in [1.165, 1.54) is 44.5 Å². The summed E-state index contributed by atoms with van der Waals surface area (Å²) in [4.78, 5) is 2.39. The molecule has 0 saturated carbocycles. The molecule has 0 amide bonds. The molecule has 0 aromatic heterocycles. The van der Waals surface area contributed by atoms with Crippen molar-refractivity contribution in [2.24, 2.45) is 0 Å². The molecule has 204 valence electrons. The minimum Gasteiger partial charge on any atom is -0.310 e. The first kappa shape index (κ1) is 26.3. The maximum absolute atomic E-state index is 2.39. The van der Waals surface area contributed by atoms with Crippen LogP contribution in [0.1, 0.15) is 0 Å². The van der Waals surface area contributed by atoms with Crippen molar-refractivity contribution in [3.8, 4) is 44.5 Å². The summed E-state index contributed by atoms with van der Waals surface area (Å²) in [7, 11) is 0. The van der Waals surface area contributed by atoms with Gasteiger partial charge < -0.3 is 4.90 Å². The fourth-order valence-corrected chi connectivity index (χ4v) is 5.72. The Labute approximate surface area is 254 Å². The summed E-state index contributed by atoms with van der Waals surface area (Å²) >= 11 is 0. The van der Waals surface area contributed by atoms with E-state index in [9.17, 15) is 0 Å². The Balaban J connectivity index is 1.36. The topological polar surface area (TPSA) is 3.24 Å². The maximum Gasteiger partial charge on any atom is 0.0540 e. The smallest absolute Gasteiger partial charge is 0.0540 e. The largest absolute Gasteiger partial charge is 0.310 e. The summed E-state index contributed by atoms with van der Waals surface area (Å²) in [6.45, 7) is 0. The summed E-state index contributed by atoms with van der Waals surface area (Å²) in [6.07, 6.45) is 0. The molecule has 0 atom stereocenters. The van der Waals surface area contributed by atoms with Crippen LogP contribution < -0.4 is 4.90 Å². The average Bonchev–Trinajstić information content (AvgIpc) is 3.10. The minimum absolute atomic E-state index is 1.11. The van der Waals surface area contributed by atoms with Crippen molar-refractivity contribution in [3.05, 3.63) is 188 Å². The van der Waals surface area contributed by atoms with Crippen LogP contribution in [-0.4, -0.2) is 0 Å². The van der Waals surface area contributed by atoms with Gasteiger partial charge in [-0.25, -0.2) is 0 Å². The van der Waals surface area contributed by atoms with Crippen molar-refractivity contribution in [2.45, 2.75) is 0 Å². The van der Waals surface area contributed by atoms with Gasteiger partial charge in [0, 0.05) is 16.9 Å². The molecule has 7 aromatic rings. The monoisotopic (exact) mass is 549 g/mol. The van der Waals surface area contributed by atoms with Gasteiger partial charge in [0.25, 0.3) is 0 Å². The van der Waals surface area contributed by atoms with Gasteiger partial charge in [-0.3, -0.25) is 0 Å². The molecule has 1 nitrogen and oxygen atoms in total. The highest BCUT2D eigenvalue weighted by Crippen LogP contribution is 2.42. The van der Waals surface area contributed by atoms with Gasteiger partial charge >= 0.3 is 0 Å². The van der Waals surface area contributed by atoms with E-state index in [-0.39, 0.29) is 0 Å². The Hall–Kier alpha value is -5.66. The zero-order chi connectivity index (χ0) is 28.8. The Kier molecular flexibility index (Phi) is 7.36. The van der Waals surface area contributed by atoms with E-state index in [4.69, 9.17) is 0 Å². The number of hydrogen-bond acceptors (Lipinski definition) is 1.